The van der Waals surface area contributed by atoms with E-state index in [0.29, 0.717) is 11.6 Å². The SMILES string of the molecule is Cc1nc(N)c(C)c(N(C)CCc2ccccn2)n1. The zero-order valence-electron chi connectivity index (χ0n) is 11.6. The van der Waals surface area contributed by atoms with E-state index in [-0.39, 0.29) is 0 Å². The minimum Gasteiger partial charge on any atom is -0.383 e. The fourth-order valence-corrected chi connectivity index (χ4v) is 1.94. The molecule has 2 aromatic heterocycles. The predicted octanol–water partition coefficient (Wildman–Crippen LogP) is 1.75. The fourth-order valence-electron chi connectivity index (χ4n) is 1.94. The Labute approximate surface area is 113 Å². The molecule has 0 unspecified atom stereocenters. The van der Waals surface area contributed by atoms with Crippen molar-refractivity contribution < 1.29 is 0 Å². The molecule has 0 saturated heterocycles. The van der Waals surface area contributed by atoms with E-state index in [2.05, 4.69) is 19.9 Å². The van der Waals surface area contributed by atoms with Gasteiger partial charge in [0.05, 0.1) is 0 Å². The van der Waals surface area contributed by atoms with Crippen LogP contribution in [0, 0.1) is 13.8 Å². The van der Waals surface area contributed by atoms with E-state index in [0.717, 1.165) is 30.0 Å². The molecule has 100 valence electrons. The van der Waals surface area contributed by atoms with Gasteiger partial charge in [-0.2, -0.15) is 0 Å². The molecule has 0 bridgehead atoms. The van der Waals surface area contributed by atoms with Crippen molar-refractivity contribution in [2.24, 2.45) is 0 Å². The fraction of sp³-hybridized carbons (Fsp3) is 0.357. The van der Waals surface area contributed by atoms with Gasteiger partial charge in [-0.15, -0.1) is 0 Å². The van der Waals surface area contributed by atoms with Gasteiger partial charge >= 0.3 is 0 Å². The van der Waals surface area contributed by atoms with Gasteiger partial charge in [0.2, 0.25) is 0 Å². The molecule has 0 fully saturated rings. The molecule has 0 aliphatic rings. The van der Waals surface area contributed by atoms with Gasteiger partial charge in [0.25, 0.3) is 0 Å². The molecule has 2 N–H and O–H groups in total. The highest BCUT2D eigenvalue weighted by Crippen LogP contribution is 2.20. The summed E-state index contributed by atoms with van der Waals surface area (Å²) >= 11 is 0. The van der Waals surface area contributed by atoms with Crippen LogP contribution in [0.3, 0.4) is 0 Å². The molecule has 0 atom stereocenters. The molecule has 0 amide bonds. The summed E-state index contributed by atoms with van der Waals surface area (Å²) in [5.41, 5.74) is 7.88. The van der Waals surface area contributed by atoms with Gasteiger partial charge in [0.1, 0.15) is 17.5 Å². The first kappa shape index (κ1) is 13.3. The van der Waals surface area contributed by atoms with Crippen molar-refractivity contribution in [1.29, 1.82) is 0 Å². The van der Waals surface area contributed by atoms with Crippen molar-refractivity contribution in [3.63, 3.8) is 0 Å². The molecule has 0 aliphatic carbocycles. The summed E-state index contributed by atoms with van der Waals surface area (Å²) in [6.07, 6.45) is 2.69. The number of hydrogen-bond acceptors (Lipinski definition) is 5. The van der Waals surface area contributed by atoms with Crippen LogP contribution >= 0.6 is 0 Å². The first-order valence-electron chi connectivity index (χ1n) is 6.29. The lowest BCUT2D eigenvalue weighted by atomic mass is 10.2. The van der Waals surface area contributed by atoms with Crippen molar-refractivity contribution in [1.82, 2.24) is 15.0 Å². The monoisotopic (exact) mass is 257 g/mol. The quantitative estimate of drug-likeness (QED) is 0.903. The van der Waals surface area contributed by atoms with Gasteiger partial charge in [-0.05, 0) is 26.0 Å². The molecule has 19 heavy (non-hydrogen) atoms. The molecule has 0 spiro atoms. The van der Waals surface area contributed by atoms with Crippen LogP contribution in [0.5, 0.6) is 0 Å². The summed E-state index contributed by atoms with van der Waals surface area (Å²) < 4.78 is 0. The number of anilines is 2. The van der Waals surface area contributed by atoms with Crippen LogP contribution in [0.15, 0.2) is 24.4 Å². The molecule has 0 saturated carbocycles. The second-order valence-corrected chi connectivity index (χ2v) is 4.60. The van der Waals surface area contributed by atoms with Crippen LogP contribution in [0.4, 0.5) is 11.6 Å². The van der Waals surface area contributed by atoms with Crippen molar-refractivity contribution >= 4 is 11.6 Å². The highest BCUT2D eigenvalue weighted by atomic mass is 15.2. The first-order valence-corrected chi connectivity index (χ1v) is 6.29. The summed E-state index contributed by atoms with van der Waals surface area (Å²) in [5.74, 6) is 2.14. The van der Waals surface area contributed by atoms with E-state index in [4.69, 9.17) is 5.73 Å². The Balaban J connectivity index is 2.10. The maximum absolute atomic E-state index is 5.88. The Morgan fingerprint density at radius 1 is 1.21 bits per heavy atom. The number of likely N-dealkylation sites (N-methyl/N-ethyl adjacent to an activating group) is 1. The summed E-state index contributed by atoms with van der Waals surface area (Å²) in [7, 11) is 2.01. The van der Waals surface area contributed by atoms with E-state index in [9.17, 15) is 0 Å². The van der Waals surface area contributed by atoms with Crippen LogP contribution in [0.1, 0.15) is 17.1 Å². The number of nitrogens with zero attached hydrogens (tertiary/aromatic N) is 4. The topological polar surface area (TPSA) is 67.9 Å². The van der Waals surface area contributed by atoms with Gasteiger partial charge in [-0.3, -0.25) is 4.98 Å². The summed E-state index contributed by atoms with van der Waals surface area (Å²) in [4.78, 5) is 15.0. The van der Waals surface area contributed by atoms with E-state index in [1.807, 2.05) is 45.3 Å². The summed E-state index contributed by atoms with van der Waals surface area (Å²) in [6, 6.07) is 5.95. The number of aromatic nitrogens is 3. The Morgan fingerprint density at radius 3 is 2.68 bits per heavy atom. The van der Waals surface area contributed by atoms with E-state index >= 15 is 0 Å². The summed E-state index contributed by atoms with van der Waals surface area (Å²) in [5, 5.41) is 0. The number of nitrogen functional groups attached to an aromatic ring is 1. The number of rotatable bonds is 4. The normalized spacial score (nSPS) is 10.5. The number of pyridine rings is 1. The maximum atomic E-state index is 5.88. The third kappa shape index (κ3) is 3.19. The van der Waals surface area contributed by atoms with E-state index < -0.39 is 0 Å². The zero-order valence-corrected chi connectivity index (χ0v) is 11.6. The van der Waals surface area contributed by atoms with Gasteiger partial charge in [0.15, 0.2) is 0 Å². The number of hydrogen-bond donors (Lipinski definition) is 1. The Kier molecular flexibility index (Phi) is 3.94. The highest BCUT2D eigenvalue weighted by molar-refractivity contribution is 5.56. The second kappa shape index (κ2) is 5.65. The standard InChI is InChI=1S/C14H19N5/c1-10-13(15)17-11(2)18-14(10)19(3)9-7-12-6-4-5-8-16-12/h4-6,8H,7,9H2,1-3H3,(H2,15,17,18). The lowest BCUT2D eigenvalue weighted by molar-refractivity contribution is 0.826. The third-order valence-electron chi connectivity index (χ3n) is 3.06. The average Bonchev–Trinajstić information content (AvgIpc) is 2.41. The minimum atomic E-state index is 0.548. The van der Waals surface area contributed by atoms with Crippen molar-refractivity contribution in [2.45, 2.75) is 20.3 Å². The van der Waals surface area contributed by atoms with Crippen LogP contribution in [-0.2, 0) is 6.42 Å². The van der Waals surface area contributed by atoms with Crippen LogP contribution in [0.25, 0.3) is 0 Å². The molecule has 2 heterocycles. The molecule has 0 aromatic carbocycles. The van der Waals surface area contributed by atoms with Crippen molar-refractivity contribution in [3.05, 3.63) is 41.5 Å². The van der Waals surface area contributed by atoms with Crippen molar-refractivity contribution in [2.75, 3.05) is 24.2 Å². The average molecular weight is 257 g/mol. The van der Waals surface area contributed by atoms with Gasteiger partial charge in [-0.1, -0.05) is 6.07 Å². The molecule has 5 heteroatoms. The van der Waals surface area contributed by atoms with Crippen molar-refractivity contribution in [3.8, 4) is 0 Å². The molecule has 0 aliphatic heterocycles. The predicted molar refractivity (Wildman–Crippen MR) is 77.1 cm³/mol. The Morgan fingerprint density at radius 2 is 2.00 bits per heavy atom. The smallest absolute Gasteiger partial charge is 0.137 e. The molecular formula is C14H19N5. The first-order chi connectivity index (χ1) is 9.08. The lowest BCUT2D eigenvalue weighted by Crippen LogP contribution is -2.23. The van der Waals surface area contributed by atoms with E-state index in [1.165, 1.54) is 0 Å². The van der Waals surface area contributed by atoms with Crippen LogP contribution in [-0.4, -0.2) is 28.5 Å². The molecular weight excluding hydrogens is 238 g/mol. The largest absolute Gasteiger partial charge is 0.383 e. The van der Waals surface area contributed by atoms with Gasteiger partial charge < -0.3 is 10.6 Å². The minimum absolute atomic E-state index is 0.548. The molecule has 2 rings (SSSR count). The summed E-state index contributed by atoms with van der Waals surface area (Å²) in [6.45, 7) is 4.64. The highest BCUT2D eigenvalue weighted by Gasteiger charge is 2.11. The lowest BCUT2D eigenvalue weighted by Gasteiger charge is -2.20. The maximum Gasteiger partial charge on any atom is 0.137 e. The number of nitrogens with two attached hydrogens (primary N) is 1. The Hall–Kier alpha value is -2.17. The van der Waals surface area contributed by atoms with Crippen LogP contribution in [0.2, 0.25) is 0 Å². The molecule has 0 radical (unpaired) electrons. The van der Waals surface area contributed by atoms with Gasteiger partial charge in [0, 0.05) is 37.5 Å². The Bertz CT molecular complexity index is 553. The molecule has 5 nitrogen and oxygen atoms in total. The number of aryl methyl sites for hydroxylation is 1. The second-order valence-electron chi connectivity index (χ2n) is 4.60. The van der Waals surface area contributed by atoms with Gasteiger partial charge in [-0.25, -0.2) is 9.97 Å². The van der Waals surface area contributed by atoms with Crippen LogP contribution < -0.4 is 10.6 Å². The zero-order chi connectivity index (χ0) is 13.8. The van der Waals surface area contributed by atoms with E-state index in [1.54, 1.807) is 0 Å². The molecule has 2 aromatic rings. The third-order valence-corrected chi connectivity index (χ3v) is 3.06.